The van der Waals surface area contributed by atoms with Gasteiger partial charge in [-0.3, -0.25) is 9.59 Å². The molecule has 0 rings (SSSR count). The maximum atomic E-state index is 11.8. The van der Waals surface area contributed by atoms with Gasteiger partial charge in [0.15, 0.2) is 0 Å². The summed E-state index contributed by atoms with van der Waals surface area (Å²) in [5.74, 6) is -0.184. The fraction of sp³-hybridized carbons (Fsp3) is 0.857. The molecule has 0 aliphatic carbocycles. The van der Waals surface area contributed by atoms with Crippen LogP contribution in [0.2, 0.25) is 0 Å². The number of nitrogens with zero attached hydrogens (tertiary/aromatic N) is 1. The summed E-state index contributed by atoms with van der Waals surface area (Å²) in [4.78, 5) is 25.2. The number of amides is 1. The van der Waals surface area contributed by atoms with Crippen LogP contribution in [0.15, 0.2) is 0 Å². The number of hydrogen-bond acceptors (Lipinski definition) is 4. The third-order valence-electron chi connectivity index (χ3n) is 2.67. The van der Waals surface area contributed by atoms with Crippen molar-refractivity contribution < 1.29 is 14.3 Å². The van der Waals surface area contributed by atoms with Gasteiger partial charge in [-0.05, 0) is 41.5 Å². The third-order valence-corrected chi connectivity index (χ3v) is 2.67. The molecule has 19 heavy (non-hydrogen) atoms. The molecule has 0 aromatic carbocycles. The zero-order chi connectivity index (χ0) is 15.1. The molecule has 1 amide bonds. The van der Waals surface area contributed by atoms with Crippen molar-refractivity contribution >= 4 is 11.9 Å². The van der Waals surface area contributed by atoms with Gasteiger partial charge in [-0.25, -0.2) is 0 Å². The summed E-state index contributed by atoms with van der Waals surface area (Å²) in [5.41, 5.74) is -0.482. The van der Waals surface area contributed by atoms with Gasteiger partial charge in [0, 0.05) is 26.1 Å². The molecule has 0 saturated heterocycles. The van der Waals surface area contributed by atoms with Crippen LogP contribution in [0.25, 0.3) is 0 Å². The zero-order valence-corrected chi connectivity index (χ0v) is 13.1. The predicted octanol–water partition coefficient (Wildman–Crippen LogP) is 1.56. The Balaban J connectivity index is 4.01. The van der Waals surface area contributed by atoms with Crippen LogP contribution in [-0.4, -0.2) is 48.1 Å². The Morgan fingerprint density at radius 2 is 1.74 bits per heavy atom. The van der Waals surface area contributed by atoms with Crippen LogP contribution in [-0.2, 0) is 14.3 Å². The van der Waals surface area contributed by atoms with E-state index in [9.17, 15) is 9.59 Å². The topological polar surface area (TPSA) is 58.6 Å². The van der Waals surface area contributed by atoms with E-state index >= 15 is 0 Å². The highest BCUT2D eigenvalue weighted by atomic mass is 16.6. The summed E-state index contributed by atoms with van der Waals surface area (Å²) in [5, 5.41) is 3.02. The van der Waals surface area contributed by atoms with Crippen molar-refractivity contribution in [3.63, 3.8) is 0 Å². The van der Waals surface area contributed by atoms with E-state index in [1.165, 1.54) is 0 Å². The molecule has 0 aliphatic rings. The lowest BCUT2D eigenvalue weighted by molar-refractivity contribution is -0.157. The molecule has 1 unspecified atom stereocenters. The second-order valence-electron chi connectivity index (χ2n) is 5.53. The second-order valence-corrected chi connectivity index (χ2v) is 5.53. The molecule has 5 nitrogen and oxygen atoms in total. The molecular weight excluding hydrogens is 244 g/mol. The van der Waals surface area contributed by atoms with Gasteiger partial charge in [0.25, 0.3) is 0 Å². The summed E-state index contributed by atoms with van der Waals surface area (Å²) >= 11 is 0. The molecule has 0 bridgehead atoms. The average molecular weight is 272 g/mol. The Labute approximate surface area is 116 Å². The minimum atomic E-state index is -0.482. The minimum Gasteiger partial charge on any atom is -0.459 e. The number of rotatable bonds is 7. The second kappa shape index (κ2) is 8.15. The molecule has 112 valence electrons. The first-order valence-corrected chi connectivity index (χ1v) is 6.95. The lowest BCUT2D eigenvalue weighted by Crippen LogP contribution is -2.41. The van der Waals surface area contributed by atoms with Crippen molar-refractivity contribution in [3.8, 4) is 0 Å². The van der Waals surface area contributed by atoms with Gasteiger partial charge in [-0.2, -0.15) is 0 Å². The van der Waals surface area contributed by atoms with Gasteiger partial charge in [0.1, 0.15) is 11.6 Å². The summed E-state index contributed by atoms with van der Waals surface area (Å²) in [7, 11) is 0. The molecule has 0 fully saturated rings. The Morgan fingerprint density at radius 3 is 2.16 bits per heavy atom. The molecule has 5 heteroatoms. The largest absolute Gasteiger partial charge is 0.459 e. The van der Waals surface area contributed by atoms with E-state index in [0.29, 0.717) is 13.0 Å². The van der Waals surface area contributed by atoms with Gasteiger partial charge in [-0.1, -0.05) is 0 Å². The molecule has 1 atom stereocenters. The third kappa shape index (κ3) is 7.82. The number of carbonyl (C=O) groups is 2. The van der Waals surface area contributed by atoms with Gasteiger partial charge >= 0.3 is 5.97 Å². The molecule has 0 aromatic heterocycles. The number of esters is 1. The summed E-state index contributed by atoms with van der Waals surface area (Å²) in [6.07, 6.45) is 0.398. The molecular formula is C14H28N2O3. The summed E-state index contributed by atoms with van der Waals surface area (Å²) < 4.78 is 5.25. The molecule has 0 heterocycles. The Hall–Kier alpha value is -1.10. The van der Waals surface area contributed by atoms with Crippen LogP contribution in [0.4, 0.5) is 0 Å². The van der Waals surface area contributed by atoms with E-state index in [4.69, 9.17) is 4.74 Å². The molecule has 0 radical (unpaired) electrons. The van der Waals surface area contributed by atoms with Gasteiger partial charge in [0.2, 0.25) is 5.91 Å². The van der Waals surface area contributed by atoms with Crippen LogP contribution < -0.4 is 5.32 Å². The smallest absolute Gasteiger partial charge is 0.323 e. The van der Waals surface area contributed by atoms with Crippen molar-refractivity contribution in [2.24, 2.45) is 0 Å². The van der Waals surface area contributed by atoms with Crippen molar-refractivity contribution in [3.05, 3.63) is 0 Å². The summed E-state index contributed by atoms with van der Waals surface area (Å²) in [6.45, 7) is 13.1. The van der Waals surface area contributed by atoms with Crippen molar-refractivity contribution in [1.29, 1.82) is 0 Å². The highest BCUT2D eigenvalue weighted by Gasteiger charge is 2.21. The van der Waals surface area contributed by atoms with Crippen LogP contribution in [0, 0.1) is 0 Å². The Morgan fingerprint density at radius 1 is 1.21 bits per heavy atom. The minimum absolute atomic E-state index is 0.105. The first kappa shape index (κ1) is 17.9. The van der Waals surface area contributed by atoms with Crippen LogP contribution in [0.5, 0.6) is 0 Å². The van der Waals surface area contributed by atoms with Crippen molar-refractivity contribution in [2.45, 2.75) is 59.6 Å². The SMILES string of the molecule is CCN(CC)C(=O)CCNC(C)C(=O)OC(C)(C)C. The maximum absolute atomic E-state index is 11.8. The van der Waals surface area contributed by atoms with Gasteiger partial charge in [-0.15, -0.1) is 0 Å². The summed E-state index contributed by atoms with van der Waals surface area (Å²) in [6, 6.07) is -0.399. The van der Waals surface area contributed by atoms with E-state index in [1.807, 2.05) is 34.6 Å². The first-order chi connectivity index (χ1) is 8.71. The number of ether oxygens (including phenoxy) is 1. The van der Waals surface area contributed by atoms with Crippen LogP contribution in [0.1, 0.15) is 48.0 Å². The predicted molar refractivity (Wildman–Crippen MR) is 75.9 cm³/mol. The van der Waals surface area contributed by atoms with Crippen molar-refractivity contribution in [1.82, 2.24) is 10.2 Å². The lowest BCUT2D eigenvalue weighted by Gasteiger charge is -2.23. The molecule has 0 saturated carbocycles. The van der Waals surface area contributed by atoms with Crippen LogP contribution in [0.3, 0.4) is 0 Å². The van der Waals surface area contributed by atoms with Crippen molar-refractivity contribution in [2.75, 3.05) is 19.6 Å². The van der Waals surface area contributed by atoms with E-state index in [2.05, 4.69) is 5.32 Å². The monoisotopic (exact) mass is 272 g/mol. The first-order valence-electron chi connectivity index (χ1n) is 6.95. The standard InChI is InChI=1S/C14H28N2O3/c1-7-16(8-2)12(17)9-10-15-11(3)13(18)19-14(4,5)6/h11,15H,7-10H2,1-6H3. The lowest BCUT2D eigenvalue weighted by atomic mass is 10.2. The van der Waals surface area contributed by atoms with E-state index in [-0.39, 0.29) is 11.9 Å². The number of nitrogens with one attached hydrogen (secondary N) is 1. The Bertz CT molecular complexity index is 294. The van der Waals surface area contributed by atoms with Gasteiger partial charge < -0.3 is 15.0 Å². The fourth-order valence-corrected chi connectivity index (χ4v) is 1.60. The fourth-order valence-electron chi connectivity index (χ4n) is 1.60. The van der Waals surface area contributed by atoms with Gasteiger partial charge in [0.05, 0.1) is 0 Å². The van der Waals surface area contributed by atoms with E-state index < -0.39 is 11.6 Å². The van der Waals surface area contributed by atoms with E-state index in [0.717, 1.165) is 13.1 Å². The highest BCUT2D eigenvalue weighted by Crippen LogP contribution is 2.08. The highest BCUT2D eigenvalue weighted by molar-refractivity contribution is 5.77. The molecule has 1 N–H and O–H groups in total. The molecule has 0 aromatic rings. The van der Waals surface area contributed by atoms with E-state index in [1.54, 1.807) is 11.8 Å². The number of carbonyl (C=O) groups excluding carboxylic acids is 2. The molecule has 0 spiro atoms. The normalized spacial score (nSPS) is 12.9. The Kier molecular flexibility index (Phi) is 7.68. The number of hydrogen-bond donors (Lipinski definition) is 1. The maximum Gasteiger partial charge on any atom is 0.323 e. The quantitative estimate of drug-likeness (QED) is 0.715. The zero-order valence-electron chi connectivity index (χ0n) is 13.1. The average Bonchev–Trinajstić information content (AvgIpc) is 2.28. The van der Waals surface area contributed by atoms with Crippen LogP contribution >= 0.6 is 0 Å². The molecule has 0 aliphatic heterocycles.